The highest BCUT2D eigenvalue weighted by Crippen LogP contribution is 2.38. The first-order valence-electron chi connectivity index (χ1n) is 6.85. The van der Waals surface area contributed by atoms with Gasteiger partial charge in [0.05, 0.1) is 6.10 Å². The maximum absolute atomic E-state index is 13.2. The lowest BCUT2D eigenvalue weighted by Gasteiger charge is -2.32. The van der Waals surface area contributed by atoms with Crippen LogP contribution in [-0.4, -0.2) is 5.11 Å². The number of aliphatic hydroxyl groups is 1. The van der Waals surface area contributed by atoms with Gasteiger partial charge in [-0.15, -0.1) is 0 Å². The van der Waals surface area contributed by atoms with Crippen LogP contribution in [0.25, 0.3) is 0 Å². The topological polar surface area (TPSA) is 20.2 Å². The molecule has 1 nitrogen and oxygen atoms in total. The number of halogens is 3. The van der Waals surface area contributed by atoms with Crippen molar-refractivity contribution in [2.75, 3.05) is 0 Å². The fourth-order valence-electron chi connectivity index (χ4n) is 3.01. The minimum absolute atomic E-state index is 0.00274. The quantitative estimate of drug-likeness (QED) is 0.811. The summed E-state index contributed by atoms with van der Waals surface area (Å²) < 4.78 is 39.3. The lowest BCUT2D eigenvalue weighted by molar-refractivity contribution is 0.0671. The minimum atomic E-state index is -1.48. The van der Waals surface area contributed by atoms with E-state index < -0.39 is 23.6 Å². The number of benzene rings is 1. The molecule has 1 aliphatic carbocycles. The smallest absolute Gasteiger partial charge is 0.194 e. The third-order valence-electron chi connectivity index (χ3n) is 4.19. The average Bonchev–Trinajstić information content (AvgIpc) is 2.43. The molecule has 0 saturated heterocycles. The van der Waals surface area contributed by atoms with Crippen LogP contribution < -0.4 is 0 Å². The molecule has 3 unspecified atom stereocenters. The highest BCUT2D eigenvalue weighted by atomic mass is 19.2. The fourth-order valence-corrected chi connectivity index (χ4v) is 3.01. The van der Waals surface area contributed by atoms with Gasteiger partial charge in [0.1, 0.15) is 0 Å². The highest BCUT2D eigenvalue weighted by Gasteiger charge is 2.28. The standard InChI is InChI=1S/C15H19F3O/c1-2-9-4-3-5-10(6-9)15(19)11-7-12(16)14(18)13(17)8-11/h7-10,15,19H,2-6H2,1H3. The van der Waals surface area contributed by atoms with Gasteiger partial charge in [-0.3, -0.25) is 0 Å². The van der Waals surface area contributed by atoms with Gasteiger partial charge >= 0.3 is 0 Å². The lowest BCUT2D eigenvalue weighted by atomic mass is 9.76. The van der Waals surface area contributed by atoms with Crippen molar-refractivity contribution < 1.29 is 18.3 Å². The zero-order valence-electron chi connectivity index (χ0n) is 11.0. The van der Waals surface area contributed by atoms with E-state index in [1.807, 2.05) is 0 Å². The predicted octanol–water partition coefficient (Wildman–Crippen LogP) is 4.35. The van der Waals surface area contributed by atoms with Gasteiger partial charge in [0, 0.05) is 0 Å². The molecular formula is C15H19F3O. The molecule has 3 atom stereocenters. The third-order valence-corrected chi connectivity index (χ3v) is 4.19. The Bertz CT molecular complexity index is 424. The first-order chi connectivity index (χ1) is 9.02. The second-order valence-electron chi connectivity index (χ2n) is 5.44. The fraction of sp³-hybridized carbons (Fsp3) is 0.600. The van der Waals surface area contributed by atoms with Crippen LogP contribution in [0.3, 0.4) is 0 Å². The summed E-state index contributed by atoms with van der Waals surface area (Å²) in [4.78, 5) is 0. The van der Waals surface area contributed by atoms with Crippen LogP contribution in [0.5, 0.6) is 0 Å². The summed E-state index contributed by atoms with van der Waals surface area (Å²) in [6, 6.07) is 1.80. The average molecular weight is 272 g/mol. The zero-order chi connectivity index (χ0) is 14.0. The molecule has 0 amide bonds. The van der Waals surface area contributed by atoms with E-state index >= 15 is 0 Å². The summed E-state index contributed by atoms with van der Waals surface area (Å²) in [7, 11) is 0. The maximum atomic E-state index is 13.2. The number of rotatable bonds is 3. The summed E-state index contributed by atoms with van der Waals surface area (Å²) >= 11 is 0. The van der Waals surface area contributed by atoms with Crippen molar-refractivity contribution in [3.63, 3.8) is 0 Å². The Morgan fingerprint density at radius 3 is 2.42 bits per heavy atom. The van der Waals surface area contributed by atoms with Gasteiger partial charge in [-0.25, -0.2) is 13.2 Å². The zero-order valence-corrected chi connectivity index (χ0v) is 11.0. The summed E-state index contributed by atoms with van der Waals surface area (Å²) in [6.45, 7) is 2.11. The molecule has 2 rings (SSSR count). The molecule has 106 valence electrons. The Labute approximate surface area is 111 Å². The van der Waals surface area contributed by atoms with Crippen LogP contribution in [0.4, 0.5) is 13.2 Å². The third kappa shape index (κ3) is 3.11. The molecule has 0 heterocycles. The molecule has 1 N–H and O–H groups in total. The Morgan fingerprint density at radius 2 is 1.84 bits per heavy atom. The Morgan fingerprint density at radius 1 is 1.21 bits per heavy atom. The van der Waals surface area contributed by atoms with E-state index in [2.05, 4.69) is 6.92 Å². The van der Waals surface area contributed by atoms with E-state index in [0.717, 1.165) is 44.2 Å². The van der Waals surface area contributed by atoms with Gasteiger partial charge in [-0.2, -0.15) is 0 Å². The molecule has 1 aromatic carbocycles. The largest absolute Gasteiger partial charge is 0.388 e. The van der Waals surface area contributed by atoms with E-state index in [4.69, 9.17) is 0 Å². The summed E-state index contributed by atoms with van der Waals surface area (Å²) in [6.07, 6.45) is 4.00. The number of hydrogen-bond acceptors (Lipinski definition) is 1. The molecule has 0 radical (unpaired) electrons. The molecule has 0 spiro atoms. The van der Waals surface area contributed by atoms with Crippen molar-refractivity contribution in [1.82, 2.24) is 0 Å². The number of hydrogen-bond donors (Lipinski definition) is 1. The molecule has 1 aliphatic rings. The number of aliphatic hydroxyl groups excluding tert-OH is 1. The van der Waals surface area contributed by atoms with Crippen molar-refractivity contribution >= 4 is 0 Å². The Hall–Kier alpha value is -1.03. The molecule has 19 heavy (non-hydrogen) atoms. The monoisotopic (exact) mass is 272 g/mol. The normalized spacial score (nSPS) is 25.3. The van der Waals surface area contributed by atoms with Crippen LogP contribution in [0.1, 0.15) is 50.7 Å². The second kappa shape index (κ2) is 5.95. The molecule has 0 bridgehead atoms. The van der Waals surface area contributed by atoms with E-state index in [9.17, 15) is 18.3 Å². The SMILES string of the molecule is CCC1CCCC(C(O)c2cc(F)c(F)c(F)c2)C1. The highest BCUT2D eigenvalue weighted by molar-refractivity contribution is 5.22. The summed E-state index contributed by atoms with van der Waals surface area (Å²) in [5.74, 6) is -3.40. The van der Waals surface area contributed by atoms with Crippen LogP contribution >= 0.6 is 0 Å². The Balaban J connectivity index is 2.17. The van der Waals surface area contributed by atoms with Gasteiger partial charge in [-0.1, -0.05) is 26.2 Å². The molecular weight excluding hydrogens is 253 g/mol. The van der Waals surface area contributed by atoms with E-state index in [1.54, 1.807) is 0 Å². The van der Waals surface area contributed by atoms with Crippen LogP contribution in [0.15, 0.2) is 12.1 Å². The van der Waals surface area contributed by atoms with Gasteiger partial charge in [0.15, 0.2) is 17.5 Å². The summed E-state index contributed by atoms with van der Waals surface area (Å²) in [5.41, 5.74) is 0.137. The second-order valence-corrected chi connectivity index (χ2v) is 5.44. The molecule has 1 saturated carbocycles. The van der Waals surface area contributed by atoms with Crippen molar-refractivity contribution in [3.8, 4) is 0 Å². The van der Waals surface area contributed by atoms with Gasteiger partial charge < -0.3 is 5.11 Å². The molecule has 0 aliphatic heterocycles. The van der Waals surface area contributed by atoms with Crippen molar-refractivity contribution in [2.45, 2.75) is 45.1 Å². The van der Waals surface area contributed by atoms with Gasteiger partial charge in [0.2, 0.25) is 0 Å². The van der Waals surface area contributed by atoms with Crippen molar-refractivity contribution in [2.24, 2.45) is 11.8 Å². The predicted molar refractivity (Wildman–Crippen MR) is 67.0 cm³/mol. The Kier molecular flexibility index (Phi) is 4.50. The first-order valence-corrected chi connectivity index (χ1v) is 6.85. The van der Waals surface area contributed by atoms with Gasteiger partial charge in [0.25, 0.3) is 0 Å². The van der Waals surface area contributed by atoms with E-state index in [1.165, 1.54) is 0 Å². The first kappa shape index (κ1) is 14.4. The molecule has 1 fully saturated rings. The van der Waals surface area contributed by atoms with Crippen molar-refractivity contribution in [1.29, 1.82) is 0 Å². The van der Waals surface area contributed by atoms with Crippen molar-refractivity contribution in [3.05, 3.63) is 35.1 Å². The van der Waals surface area contributed by atoms with Crippen LogP contribution in [0.2, 0.25) is 0 Å². The maximum Gasteiger partial charge on any atom is 0.194 e. The van der Waals surface area contributed by atoms with Gasteiger partial charge in [-0.05, 0) is 42.4 Å². The molecule has 4 heteroatoms. The lowest BCUT2D eigenvalue weighted by Crippen LogP contribution is -2.21. The molecule has 0 aromatic heterocycles. The summed E-state index contributed by atoms with van der Waals surface area (Å²) in [5, 5.41) is 10.2. The van der Waals surface area contributed by atoms with Crippen LogP contribution in [-0.2, 0) is 0 Å². The molecule has 1 aromatic rings. The van der Waals surface area contributed by atoms with Crippen LogP contribution in [0, 0.1) is 29.3 Å². The van der Waals surface area contributed by atoms with E-state index in [0.29, 0.717) is 5.92 Å². The van der Waals surface area contributed by atoms with E-state index in [-0.39, 0.29) is 11.5 Å². The minimum Gasteiger partial charge on any atom is -0.388 e.